The predicted molar refractivity (Wildman–Crippen MR) is 109 cm³/mol. The van der Waals surface area contributed by atoms with Gasteiger partial charge in [-0.05, 0) is 30.5 Å². The van der Waals surface area contributed by atoms with Gasteiger partial charge in [0.25, 0.3) is 0 Å². The summed E-state index contributed by atoms with van der Waals surface area (Å²) in [5, 5.41) is 6.21. The van der Waals surface area contributed by atoms with E-state index in [9.17, 15) is 4.79 Å². The van der Waals surface area contributed by atoms with Gasteiger partial charge in [-0.25, -0.2) is 0 Å². The highest BCUT2D eigenvalue weighted by Crippen LogP contribution is 2.42. The van der Waals surface area contributed by atoms with Crippen LogP contribution in [0.4, 0.5) is 0 Å². The van der Waals surface area contributed by atoms with Crippen LogP contribution in [0.1, 0.15) is 37.7 Å². The van der Waals surface area contributed by atoms with Crippen LogP contribution in [0.15, 0.2) is 18.2 Å². The smallest absolute Gasteiger partial charge is 0.233 e. The minimum atomic E-state index is -0.0417. The predicted octanol–water partition coefficient (Wildman–Crippen LogP) is 2.68. The fourth-order valence-corrected chi connectivity index (χ4v) is 3.67. The Morgan fingerprint density at radius 1 is 1.07 bits per heavy atom. The lowest BCUT2D eigenvalue weighted by Gasteiger charge is -2.38. The number of ether oxygens (including phenoxy) is 3. The summed E-state index contributed by atoms with van der Waals surface area (Å²) in [5.74, 6) is 1.49. The molecule has 2 rings (SSSR count). The Labute approximate surface area is 168 Å². The maximum atomic E-state index is 12.2. The fourth-order valence-electron chi connectivity index (χ4n) is 3.67. The standard InChI is InChI=1S/C20H32N2O4.ClH/c1-24-12-11-21-14-19(23)22-15-20(9-5-4-6-10-20)16-7-8-17(25-2)18(13-16)26-3;/h7-8,13,21H,4-6,9-12,14-15H2,1-3H3,(H,22,23);1H. The normalized spacial score (nSPS) is 15.5. The first kappa shape index (κ1) is 23.5. The second kappa shape index (κ2) is 12.1. The van der Waals surface area contributed by atoms with Gasteiger partial charge in [-0.15, -0.1) is 12.4 Å². The van der Waals surface area contributed by atoms with Crippen molar-refractivity contribution in [1.82, 2.24) is 10.6 Å². The number of benzene rings is 1. The molecule has 0 spiro atoms. The van der Waals surface area contributed by atoms with Gasteiger partial charge in [0.2, 0.25) is 5.91 Å². The van der Waals surface area contributed by atoms with E-state index in [-0.39, 0.29) is 23.7 Å². The molecule has 0 aliphatic heterocycles. The van der Waals surface area contributed by atoms with E-state index in [4.69, 9.17) is 14.2 Å². The van der Waals surface area contributed by atoms with Crippen molar-refractivity contribution in [2.24, 2.45) is 0 Å². The molecular formula is C20H33ClN2O4. The molecule has 0 radical (unpaired) electrons. The van der Waals surface area contributed by atoms with Crippen molar-refractivity contribution in [3.63, 3.8) is 0 Å². The van der Waals surface area contributed by atoms with Crippen LogP contribution in [0, 0.1) is 0 Å². The van der Waals surface area contributed by atoms with Crippen molar-refractivity contribution >= 4 is 18.3 Å². The molecule has 1 saturated carbocycles. The van der Waals surface area contributed by atoms with Crippen LogP contribution in [0.3, 0.4) is 0 Å². The zero-order valence-electron chi connectivity index (χ0n) is 16.6. The van der Waals surface area contributed by atoms with E-state index >= 15 is 0 Å². The van der Waals surface area contributed by atoms with E-state index in [2.05, 4.69) is 22.8 Å². The number of hydrogen-bond donors (Lipinski definition) is 2. The largest absolute Gasteiger partial charge is 0.493 e. The third kappa shape index (κ3) is 6.55. The van der Waals surface area contributed by atoms with Crippen LogP contribution in [0.2, 0.25) is 0 Å². The molecule has 1 amide bonds. The SMILES string of the molecule is COCCNCC(=O)NCC1(c2ccc(OC)c(OC)c2)CCCCC1.Cl. The summed E-state index contributed by atoms with van der Waals surface area (Å²) in [6.45, 7) is 2.23. The molecular weight excluding hydrogens is 368 g/mol. The maximum absolute atomic E-state index is 12.2. The van der Waals surface area contributed by atoms with Crippen LogP contribution < -0.4 is 20.1 Å². The lowest BCUT2D eigenvalue weighted by molar-refractivity contribution is -0.120. The number of methoxy groups -OCH3 is 3. The number of nitrogens with one attached hydrogen (secondary N) is 2. The lowest BCUT2D eigenvalue weighted by Crippen LogP contribution is -2.45. The zero-order valence-corrected chi connectivity index (χ0v) is 17.5. The summed E-state index contributed by atoms with van der Waals surface area (Å²) < 4.78 is 15.8. The van der Waals surface area contributed by atoms with Crippen molar-refractivity contribution in [2.75, 3.05) is 47.6 Å². The van der Waals surface area contributed by atoms with Gasteiger partial charge in [0.1, 0.15) is 0 Å². The lowest BCUT2D eigenvalue weighted by atomic mass is 9.69. The molecule has 7 heteroatoms. The van der Waals surface area contributed by atoms with Gasteiger partial charge >= 0.3 is 0 Å². The third-order valence-corrected chi connectivity index (χ3v) is 5.20. The fraction of sp³-hybridized carbons (Fsp3) is 0.650. The van der Waals surface area contributed by atoms with Crippen molar-refractivity contribution in [2.45, 2.75) is 37.5 Å². The van der Waals surface area contributed by atoms with Crippen molar-refractivity contribution < 1.29 is 19.0 Å². The number of rotatable bonds is 10. The zero-order chi connectivity index (χ0) is 18.8. The van der Waals surface area contributed by atoms with Gasteiger partial charge in [-0.1, -0.05) is 25.3 Å². The molecule has 2 N–H and O–H groups in total. The molecule has 0 heterocycles. The Hall–Kier alpha value is -1.50. The Balaban J connectivity index is 0.00000364. The van der Waals surface area contributed by atoms with E-state index in [1.54, 1.807) is 21.3 Å². The average molecular weight is 401 g/mol. The monoisotopic (exact) mass is 400 g/mol. The molecule has 0 aromatic heterocycles. The molecule has 1 aromatic carbocycles. The summed E-state index contributed by atoms with van der Waals surface area (Å²) in [4.78, 5) is 12.2. The topological polar surface area (TPSA) is 68.8 Å². The molecule has 27 heavy (non-hydrogen) atoms. The Morgan fingerprint density at radius 2 is 1.78 bits per heavy atom. The van der Waals surface area contributed by atoms with Crippen LogP contribution in [-0.4, -0.2) is 53.5 Å². The van der Waals surface area contributed by atoms with Crippen molar-refractivity contribution in [3.05, 3.63) is 23.8 Å². The molecule has 1 fully saturated rings. The molecule has 1 aliphatic carbocycles. The van der Waals surface area contributed by atoms with E-state index in [1.165, 1.54) is 24.8 Å². The minimum absolute atomic E-state index is 0. The Kier molecular flexibility index (Phi) is 10.5. The minimum Gasteiger partial charge on any atom is -0.493 e. The first-order valence-electron chi connectivity index (χ1n) is 9.34. The van der Waals surface area contributed by atoms with Crippen LogP contribution >= 0.6 is 12.4 Å². The summed E-state index contributed by atoms with van der Waals surface area (Å²) >= 11 is 0. The Morgan fingerprint density at radius 3 is 2.41 bits per heavy atom. The third-order valence-electron chi connectivity index (χ3n) is 5.20. The molecule has 0 unspecified atom stereocenters. The number of carbonyl (C=O) groups excluding carboxylic acids is 1. The highest BCUT2D eigenvalue weighted by molar-refractivity contribution is 5.85. The van der Waals surface area contributed by atoms with Gasteiger partial charge in [0, 0.05) is 25.6 Å². The Bertz CT molecular complexity index is 577. The molecule has 0 bridgehead atoms. The van der Waals surface area contributed by atoms with Crippen LogP contribution in [-0.2, 0) is 14.9 Å². The molecule has 154 valence electrons. The second-order valence-electron chi connectivity index (χ2n) is 6.86. The average Bonchev–Trinajstić information content (AvgIpc) is 2.69. The highest BCUT2D eigenvalue weighted by atomic mass is 35.5. The van der Waals surface area contributed by atoms with E-state index < -0.39 is 0 Å². The van der Waals surface area contributed by atoms with Crippen LogP contribution in [0.25, 0.3) is 0 Å². The van der Waals surface area contributed by atoms with Gasteiger partial charge in [0.15, 0.2) is 11.5 Å². The van der Waals surface area contributed by atoms with Crippen molar-refractivity contribution in [3.8, 4) is 11.5 Å². The summed E-state index contributed by atoms with van der Waals surface area (Å²) in [6, 6.07) is 6.13. The van der Waals surface area contributed by atoms with E-state index in [0.717, 1.165) is 24.3 Å². The number of amides is 1. The molecule has 6 nitrogen and oxygen atoms in total. The maximum Gasteiger partial charge on any atom is 0.233 e. The molecule has 1 aromatic rings. The number of hydrogen-bond acceptors (Lipinski definition) is 5. The van der Waals surface area contributed by atoms with E-state index in [0.29, 0.717) is 26.2 Å². The van der Waals surface area contributed by atoms with Gasteiger partial charge in [-0.2, -0.15) is 0 Å². The van der Waals surface area contributed by atoms with E-state index in [1.807, 2.05) is 6.07 Å². The quantitative estimate of drug-likeness (QED) is 0.591. The first-order chi connectivity index (χ1) is 12.6. The molecule has 0 atom stereocenters. The number of halogens is 1. The molecule has 1 aliphatic rings. The second-order valence-corrected chi connectivity index (χ2v) is 6.86. The number of carbonyl (C=O) groups is 1. The summed E-state index contributed by atoms with van der Waals surface area (Å²) in [5.41, 5.74) is 1.17. The van der Waals surface area contributed by atoms with Crippen LogP contribution in [0.5, 0.6) is 11.5 Å². The first-order valence-corrected chi connectivity index (χ1v) is 9.34. The van der Waals surface area contributed by atoms with Gasteiger partial charge in [0.05, 0.1) is 27.4 Å². The summed E-state index contributed by atoms with van der Waals surface area (Å²) in [6.07, 6.45) is 5.74. The molecule has 0 saturated heterocycles. The van der Waals surface area contributed by atoms with Gasteiger partial charge < -0.3 is 24.8 Å². The summed E-state index contributed by atoms with van der Waals surface area (Å²) in [7, 11) is 4.95. The highest BCUT2D eigenvalue weighted by Gasteiger charge is 2.34. The van der Waals surface area contributed by atoms with Crippen molar-refractivity contribution in [1.29, 1.82) is 0 Å². The van der Waals surface area contributed by atoms with Gasteiger partial charge in [-0.3, -0.25) is 4.79 Å².